The Kier molecular flexibility index (Phi) is 9.25. The van der Waals surface area contributed by atoms with Gasteiger partial charge in [-0.3, -0.25) is 19.2 Å². The first-order valence-electron chi connectivity index (χ1n) is 21.8. The number of Topliss-reactive ketones (excluding diaryl/α,β-unsaturated/α-hetero) is 1. The van der Waals surface area contributed by atoms with Crippen molar-refractivity contribution in [1.29, 1.82) is 0 Å². The number of halogens is 1. The van der Waals surface area contributed by atoms with Crippen LogP contribution in [0.15, 0.2) is 35.4 Å². The summed E-state index contributed by atoms with van der Waals surface area (Å²) in [7, 11) is 0. The predicted molar refractivity (Wildman–Crippen MR) is 217 cm³/mol. The van der Waals surface area contributed by atoms with E-state index in [1.165, 1.54) is 5.57 Å². The lowest BCUT2D eigenvalue weighted by molar-refractivity contribution is -0.236. The number of nitrogens with one attached hydrogen (secondary N) is 1. The molecule has 1 aromatic carbocycles. The second-order valence-electron chi connectivity index (χ2n) is 22.1. The second-order valence-corrected chi connectivity index (χ2v) is 22.5. The van der Waals surface area contributed by atoms with E-state index in [9.17, 15) is 24.3 Å². The number of esters is 1. The zero-order valence-corrected chi connectivity index (χ0v) is 36.2. The van der Waals surface area contributed by atoms with Crippen LogP contribution in [0.25, 0.3) is 0 Å². The lowest BCUT2D eigenvalue weighted by Gasteiger charge is -2.72. The third kappa shape index (κ3) is 5.60. The summed E-state index contributed by atoms with van der Waals surface area (Å²) in [5.74, 6) is -0.353. The van der Waals surface area contributed by atoms with Crippen molar-refractivity contribution in [3.8, 4) is 0 Å². The SMILES string of the molecule is CC(C)C1=C2[C@H]3CC[C@@H]4[C@@]5(C)CC[C@H](OC(=O)[C@H]6C[C@@H](C(=O)O)C6(C)C)C(C)(C)[C@@H]5CC[C@@]4(C)[C@]3(C)CC[C@@]2(CC(=O)NC2(c3ccc(Cl)cc3)CC2)CC1=O. The van der Waals surface area contributed by atoms with Gasteiger partial charge in [-0.2, -0.15) is 0 Å². The summed E-state index contributed by atoms with van der Waals surface area (Å²) in [4.78, 5) is 53.8. The van der Waals surface area contributed by atoms with Crippen LogP contribution < -0.4 is 5.32 Å². The number of carbonyl (C=O) groups excluding carboxylic acids is 3. The minimum atomic E-state index is -0.830. The zero-order valence-electron chi connectivity index (χ0n) is 35.4. The highest BCUT2D eigenvalue weighted by Gasteiger charge is 2.70. The lowest BCUT2D eigenvalue weighted by Crippen LogP contribution is -2.66. The van der Waals surface area contributed by atoms with Crippen molar-refractivity contribution in [2.24, 2.45) is 68.0 Å². The van der Waals surface area contributed by atoms with Crippen LogP contribution in [0.2, 0.25) is 5.02 Å². The summed E-state index contributed by atoms with van der Waals surface area (Å²) in [6.45, 7) is 20.4. The Bertz CT molecular complexity index is 1870. The molecule has 0 heterocycles. The molecule has 8 rings (SSSR count). The van der Waals surface area contributed by atoms with E-state index in [0.29, 0.717) is 36.1 Å². The Morgan fingerprint density at radius 2 is 1.50 bits per heavy atom. The number of benzene rings is 1. The summed E-state index contributed by atoms with van der Waals surface area (Å²) < 4.78 is 6.43. The number of rotatable bonds is 8. The van der Waals surface area contributed by atoms with Crippen molar-refractivity contribution >= 4 is 35.2 Å². The number of amides is 1. The molecule has 2 N–H and O–H groups in total. The third-order valence-corrected chi connectivity index (χ3v) is 18.9. The number of fused-ring (bicyclic) bond motifs is 7. The molecule has 306 valence electrons. The Morgan fingerprint density at radius 3 is 2.11 bits per heavy atom. The molecule has 6 saturated carbocycles. The van der Waals surface area contributed by atoms with Crippen molar-refractivity contribution in [1.82, 2.24) is 5.32 Å². The minimum absolute atomic E-state index is 0.00503. The van der Waals surface area contributed by atoms with Gasteiger partial charge in [-0.05, 0) is 139 Å². The van der Waals surface area contributed by atoms with Gasteiger partial charge in [-0.1, -0.05) is 91.6 Å². The first kappa shape index (κ1) is 40.1. The highest BCUT2D eigenvalue weighted by Crippen LogP contribution is 2.77. The maximum absolute atomic E-state index is 14.2. The number of hydrogen-bond acceptors (Lipinski definition) is 5. The van der Waals surface area contributed by atoms with Crippen LogP contribution in [0.5, 0.6) is 0 Å². The summed E-state index contributed by atoms with van der Waals surface area (Å²) in [6, 6.07) is 7.86. The van der Waals surface area contributed by atoms with Crippen LogP contribution in [0.4, 0.5) is 0 Å². The fourth-order valence-corrected chi connectivity index (χ4v) is 15.2. The Morgan fingerprint density at radius 1 is 0.821 bits per heavy atom. The van der Waals surface area contributed by atoms with Crippen LogP contribution in [-0.2, 0) is 29.5 Å². The van der Waals surface area contributed by atoms with Gasteiger partial charge in [-0.15, -0.1) is 0 Å². The Balaban J connectivity index is 1.04. The van der Waals surface area contributed by atoms with E-state index in [4.69, 9.17) is 16.3 Å². The molecule has 7 aliphatic carbocycles. The summed E-state index contributed by atoms with van der Waals surface area (Å²) in [5, 5.41) is 13.8. The molecule has 6 fully saturated rings. The van der Waals surface area contributed by atoms with Crippen LogP contribution in [0.1, 0.15) is 151 Å². The molecule has 0 aliphatic heterocycles. The van der Waals surface area contributed by atoms with Gasteiger partial charge in [-0.25, -0.2) is 0 Å². The molecule has 1 aromatic rings. The van der Waals surface area contributed by atoms with E-state index in [1.807, 2.05) is 38.1 Å². The van der Waals surface area contributed by atoms with Gasteiger partial charge in [0.2, 0.25) is 5.91 Å². The van der Waals surface area contributed by atoms with E-state index in [0.717, 1.165) is 75.3 Å². The fourth-order valence-electron chi connectivity index (χ4n) is 15.1. The summed E-state index contributed by atoms with van der Waals surface area (Å²) in [5.41, 5.74) is 2.01. The Labute approximate surface area is 339 Å². The van der Waals surface area contributed by atoms with Crippen LogP contribution >= 0.6 is 11.6 Å². The van der Waals surface area contributed by atoms with Crippen molar-refractivity contribution in [3.05, 3.63) is 46.0 Å². The molecular weight excluding hydrogens is 722 g/mol. The number of hydrogen-bond donors (Lipinski definition) is 2. The fraction of sp³-hybridized carbons (Fsp3) is 0.750. The number of carboxylic acids is 1. The van der Waals surface area contributed by atoms with Gasteiger partial charge >= 0.3 is 11.9 Å². The maximum Gasteiger partial charge on any atom is 0.309 e. The van der Waals surface area contributed by atoms with Gasteiger partial charge in [0.15, 0.2) is 5.78 Å². The van der Waals surface area contributed by atoms with E-state index in [1.54, 1.807) is 0 Å². The molecule has 0 bridgehead atoms. The second kappa shape index (κ2) is 12.9. The summed E-state index contributed by atoms with van der Waals surface area (Å²) in [6.07, 6.45) is 10.8. The molecule has 56 heavy (non-hydrogen) atoms. The first-order valence-corrected chi connectivity index (χ1v) is 22.2. The van der Waals surface area contributed by atoms with Crippen molar-refractivity contribution in [2.45, 2.75) is 157 Å². The molecule has 0 aromatic heterocycles. The number of carbonyl (C=O) groups is 4. The summed E-state index contributed by atoms with van der Waals surface area (Å²) >= 11 is 6.21. The van der Waals surface area contributed by atoms with Gasteiger partial charge < -0.3 is 15.2 Å². The van der Waals surface area contributed by atoms with E-state index in [-0.39, 0.29) is 68.7 Å². The van der Waals surface area contributed by atoms with Crippen molar-refractivity contribution in [2.75, 3.05) is 0 Å². The molecule has 0 spiro atoms. The van der Waals surface area contributed by atoms with E-state index >= 15 is 0 Å². The highest BCUT2D eigenvalue weighted by molar-refractivity contribution is 6.30. The molecule has 0 unspecified atom stereocenters. The topological polar surface area (TPSA) is 110 Å². The minimum Gasteiger partial charge on any atom is -0.481 e. The quantitative estimate of drug-likeness (QED) is 0.254. The number of ketones is 1. The molecule has 0 radical (unpaired) electrons. The van der Waals surface area contributed by atoms with Crippen molar-refractivity contribution in [3.63, 3.8) is 0 Å². The molecule has 1 amide bonds. The predicted octanol–water partition coefficient (Wildman–Crippen LogP) is 10.5. The first-order chi connectivity index (χ1) is 26.1. The molecule has 8 heteroatoms. The average Bonchev–Trinajstić information content (AvgIpc) is 3.80. The third-order valence-electron chi connectivity index (χ3n) is 18.6. The standard InChI is InChI=1S/C48H66ClNO6/c1-27(2)38-33(51)25-47(26-37(52)50-48(22-23-48)28-10-12-29(49)13-11-28)21-20-45(8)30(39(38)47)14-15-35-44(7)18-17-36(43(5,6)34(44)16-19-46(35,45)9)56-41(55)32-24-31(40(53)54)42(32,3)4/h10-13,27,30-32,34-36H,14-26H2,1-9H3,(H,50,52)(H,53,54)/t30-,31+,32-,34+,35-,36+,44+,45-,46-,47+/m1/s1. The smallest absolute Gasteiger partial charge is 0.309 e. The highest BCUT2D eigenvalue weighted by atomic mass is 35.5. The maximum atomic E-state index is 14.2. The molecule has 0 saturated heterocycles. The van der Waals surface area contributed by atoms with Crippen LogP contribution in [0, 0.1) is 68.0 Å². The van der Waals surface area contributed by atoms with Gasteiger partial charge in [0, 0.05) is 28.7 Å². The van der Waals surface area contributed by atoms with E-state index < -0.39 is 22.7 Å². The number of ether oxygens (including phenoxy) is 1. The monoisotopic (exact) mass is 787 g/mol. The number of allylic oxidation sites excluding steroid dienone is 2. The molecule has 7 aliphatic rings. The molecule has 7 nitrogen and oxygen atoms in total. The van der Waals surface area contributed by atoms with Crippen molar-refractivity contribution < 1.29 is 29.0 Å². The Hall–Kier alpha value is -2.67. The average molecular weight is 789 g/mol. The number of carboxylic acid groups (broad SMARTS) is 1. The van der Waals surface area contributed by atoms with Crippen LogP contribution in [-0.4, -0.2) is 34.8 Å². The zero-order chi connectivity index (χ0) is 40.6. The van der Waals surface area contributed by atoms with Gasteiger partial charge in [0.1, 0.15) is 6.10 Å². The van der Waals surface area contributed by atoms with E-state index in [2.05, 4.69) is 53.8 Å². The normalized spacial score (nSPS) is 41.4. The van der Waals surface area contributed by atoms with Gasteiger partial charge in [0.05, 0.1) is 17.4 Å². The molecule has 10 atom stereocenters. The lowest BCUT2D eigenvalue weighted by atomic mass is 9.33. The molecular formula is C48H66ClNO6. The number of aliphatic carboxylic acids is 1. The largest absolute Gasteiger partial charge is 0.481 e. The van der Waals surface area contributed by atoms with Gasteiger partial charge in [0.25, 0.3) is 0 Å². The van der Waals surface area contributed by atoms with Crippen LogP contribution in [0.3, 0.4) is 0 Å².